The Hall–Kier alpha value is -1.84. The molecular weight excluding hydrogens is 220 g/mol. The second kappa shape index (κ2) is 6.68. The molecule has 17 heavy (non-hydrogen) atoms. The lowest BCUT2D eigenvalue weighted by atomic mass is 10.2. The normalized spacial score (nSPS) is 20.8. The number of carboxylic acid groups (broad SMARTS) is 1. The van der Waals surface area contributed by atoms with Crippen molar-refractivity contribution in [2.24, 2.45) is 11.8 Å². The van der Waals surface area contributed by atoms with Crippen LogP contribution in [0.15, 0.2) is 30.3 Å². The number of hydrogen-bond donors (Lipinski definition) is 1. The minimum absolute atomic E-state index is 0.0404. The van der Waals surface area contributed by atoms with Gasteiger partial charge < -0.3 is 9.84 Å². The summed E-state index contributed by atoms with van der Waals surface area (Å²) in [6.45, 7) is 2.23. The molecule has 4 nitrogen and oxygen atoms in total. The van der Waals surface area contributed by atoms with Crippen LogP contribution in [0.1, 0.15) is 18.9 Å². The molecule has 0 bridgehead atoms. The minimum atomic E-state index is -0.250. The molecule has 0 aliphatic heterocycles. The first kappa shape index (κ1) is 13.2. The number of hydrogen-bond acceptors (Lipinski definition) is 3. The van der Waals surface area contributed by atoms with Gasteiger partial charge in [-0.2, -0.15) is 0 Å². The molecule has 0 radical (unpaired) electrons. The van der Waals surface area contributed by atoms with E-state index >= 15 is 0 Å². The Bertz CT molecular complexity index is 361. The number of rotatable bonds is 3. The predicted octanol–water partition coefficient (Wildman–Crippen LogP) is 2.09. The fraction of sp³-hybridized carbons (Fsp3) is 0.385. The molecular formula is C13H16O4. The Morgan fingerprint density at radius 2 is 2.00 bits per heavy atom. The van der Waals surface area contributed by atoms with Crippen LogP contribution in [-0.4, -0.2) is 17.5 Å². The van der Waals surface area contributed by atoms with E-state index in [2.05, 4.69) is 6.92 Å². The number of benzene rings is 1. The lowest BCUT2D eigenvalue weighted by molar-refractivity contribution is -0.146. The van der Waals surface area contributed by atoms with Crippen LogP contribution in [-0.2, 0) is 20.9 Å². The molecule has 0 saturated heterocycles. The Morgan fingerprint density at radius 3 is 2.47 bits per heavy atom. The third-order valence-electron chi connectivity index (χ3n) is 2.64. The molecule has 2 atom stereocenters. The first-order valence-electron chi connectivity index (χ1n) is 5.47. The van der Waals surface area contributed by atoms with Gasteiger partial charge in [0.15, 0.2) is 0 Å². The molecule has 0 aromatic heterocycles. The van der Waals surface area contributed by atoms with E-state index < -0.39 is 0 Å². The van der Waals surface area contributed by atoms with Crippen LogP contribution in [0.3, 0.4) is 0 Å². The van der Waals surface area contributed by atoms with Gasteiger partial charge in [-0.05, 0) is 17.9 Å². The summed E-state index contributed by atoms with van der Waals surface area (Å²) in [5, 5.41) is 6.89. The van der Waals surface area contributed by atoms with Crippen LogP contribution < -0.4 is 0 Å². The highest BCUT2D eigenvalue weighted by Gasteiger charge is 2.40. The van der Waals surface area contributed by atoms with E-state index in [0.29, 0.717) is 12.5 Å². The number of carbonyl (C=O) groups is 2. The van der Waals surface area contributed by atoms with Crippen molar-refractivity contribution in [2.75, 3.05) is 0 Å². The van der Waals surface area contributed by atoms with E-state index in [4.69, 9.17) is 14.6 Å². The van der Waals surface area contributed by atoms with Crippen LogP contribution in [0.2, 0.25) is 0 Å². The average molecular weight is 236 g/mol. The monoisotopic (exact) mass is 236 g/mol. The van der Waals surface area contributed by atoms with Gasteiger partial charge in [-0.3, -0.25) is 9.59 Å². The van der Waals surface area contributed by atoms with Crippen molar-refractivity contribution in [3.8, 4) is 0 Å². The van der Waals surface area contributed by atoms with Gasteiger partial charge in [0.1, 0.15) is 6.61 Å². The zero-order valence-corrected chi connectivity index (χ0v) is 9.70. The average Bonchev–Trinajstić information content (AvgIpc) is 3.06. The third-order valence-corrected chi connectivity index (χ3v) is 2.64. The smallest absolute Gasteiger partial charge is 0.309 e. The lowest BCUT2D eigenvalue weighted by Crippen LogP contribution is -2.07. The Labute approximate surface area is 100 Å². The molecule has 0 heterocycles. The molecule has 0 amide bonds. The van der Waals surface area contributed by atoms with Crippen LogP contribution >= 0.6 is 0 Å². The second-order valence-corrected chi connectivity index (χ2v) is 4.02. The van der Waals surface area contributed by atoms with Gasteiger partial charge >= 0.3 is 5.97 Å². The fourth-order valence-corrected chi connectivity index (χ4v) is 1.49. The Morgan fingerprint density at radius 1 is 1.47 bits per heavy atom. The molecule has 1 fully saturated rings. The molecule has 1 aromatic carbocycles. The first-order valence-corrected chi connectivity index (χ1v) is 5.47. The Kier molecular flexibility index (Phi) is 5.20. The summed E-state index contributed by atoms with van der Waals surface area (Å²) in [6.07, 6.45) is 0.994. The molecule has 4 heteroatoms. The van der Waals surface area contributed by atoms with Gasteiger partial charge in [0.25, 0.3) is 6.47 Å². The van der Waals surface area contributed by atoms with Crippen molar-refractivity contribution in [1.82, 2.24) is 0 Å². The molecule has 1 N–H and O–H groups in total. The van der Waals surface area contributed by atoms with Gasteiger partial charge in [-0.25, -0.2) is 0 Å². The van der Waals surface area contributed by atoms with Crippen molar-refractivity contribution in [1.29, 1.82) is 0 Å². The summed E-state index contributed by atoms with van der Waals surface area (Å²) in [5.74, 6) is 0.651. The maximum absolute atomic E-state index is 11.4. The zero-order chi connectivity index (χ0) is 12.7. The lowest BCUT2D eigenvalue weighted by Gasteiger charge is -2.03. The summed E-state index contributed by atoms with van der Waals surface area (Å²) < 4.78 is 5.18. The summed E-state index contributed by atoms with van der Waals surface area (Å²) in [5.41, 5.74) is 1.05. The highest BCUT2D eigenvalue weighted by molar-refractivity contribution is 5.75. The summed E-state index contributed by atoms with van der Waals surface area (Å²) in [6, 6.07) is 9.77. The highest BCUT2D eigenvalue weighted by Crippen LogP contribution is 2.38. The molecule has 1 saturated carbocycles. The molecule has 1 aliphatic rings. The van der Waals surface area contributed by atoms with E-state index in [0.717, 1.165) is 12.0 Å². The van der Waals surface area contributed by atoms with Crippen molar-refractivity contribution in [3.05, 3.63) is 35.9 Å². The molecule has 2 rings (SSSR count). The molecule has 1 aromatic rings. The maximum atomic E-state index is 11.4. The maximum Gasteiger partial charge on any atom is 0.309 e. The summed E-state index contributed by atoms with van der Waals surface area (Å²) in [7, 11) is 0. The van der Waals surface area contributed by atoms with Gasteiger partial charge in [-0.1, -0.05) is 37.3 Å². The van der Waals surface area contributed by atoms with Crippen molar-refractivity contribution >= 4 is 12.4 Å². The fourth-order valence-electron chi connectivity index (χ4n) is 1.49. The van der Waals surface area contributed by atoms with Gasteiger partial charge in [0, 0.05) is 0 Å². The van der Waals surface area contributed by atoms with Gasteiger partial charge in [0.2, 0.25) is 0 Å². The number of carbonyl (C=O) groups excluding carboxylic acids is 1. The number of ether oxygens (including phenoxy) is 1. The molecule has 0 spiro atoms. The molecule has 2 unspecified atom stereocenters. The van der Waals surface area contributed by atoms with E-state index in [9.17, 15) is 4.79 Å². The van der Waals surface area contributed by atoms with E-state index in [1.807, 2.05) is 30.3 Å². The number of esters is 1. The van der Waals surface area contributed by atoms with E-state index in [1.165, 1.54) is 0 Å². The largest absolute Gasteiger partial charge is 0.483 e. The predicted molar refractivity (Wildman–Crippen MR) is 62.2 cm³/mol. The van der Waals surface area contributed by atoms with Crippen molar-refractivity contribution in [3.63, 3.8) is 0 Å². The van der Waals surface area contributed by atoms with Gasteiger partial charge in [0.05, 0.1) is 5.92 Å². The van der Waals surface area contributed by atoms with Gasteiger partial charge in [-0.15, -0.1) is 0 Å². The van der Waals surface area contributed by atoms with E-state index in [-0.39, 0.29) is 18.4 Å². The Balaban J connectivity index is 0.000000437. The summed E-state index contributed by atoms with van der Waals surface area (Å²) >= 11 is 0. The quantitative estimate of drug-likeness (QED) is 0.644. The third kappa shape index (κ3) is 4.68. The SMILES string of the molecule is CC1CC1C(=O)OCc1ccccc1.O=CO. The minimum Gasteiger partial charge on any atom is -0.483 e. The van der Waals surface area contributed by atoms with Crippen LogP contribution in [0.4, 0.5) is 0 Å². The second-order valence-electron chi connectivity index (χ2n) is 4.02. The topological polar surface area (TPSA) is 63.6 Å². The van der Waals surface area contributed by atoms with E-state index in [1.54, 1.807) is 0 Å². The zero-order valence-electron chi connectivity index (χ0n) is 9.70. The van der Waals surface area contributed by atoms with Crippen LogP contribution in [0.25, 0.3) is 0 Å². The van der Waals surface area contributed by atoms with Crippen LogP contribution in [0.5, 0.6) is 0 Å². The van der Waals surface area contributed by atoms with Crippen molar-refractivity contribution in [2.45, 2.75) is 20.0 Å². The van der Waals surface area contributed by atoms with Crippen molar-refractivity contribution < 1.29 is 19.4 Å². The standard InChI is InChI=1S/C12H14O2.CH2O2/c1-9-7-11(9)12(13)14-8-10-5-3-2-4-6-10;2-1-3/h2-6,9,11H,7-8H2,1H3;1H,(H,2,3). The molecule has 92 valence electrons. The molecule has 1 aliphatic carbocycles. The first-order chi connectivity index (χ1) is 8.19. The summed E-state index contributed by atoms with van der Waals surface area (Å²) in [4.78, 5) is 19.7. The van der Waals surface area contributed by atoms with Crippen LogP contribution in [0, 0.1) is 11.8 Å². The highest BCUT2D eigenvalue weighted by atomic mass is 16.5.